The highest BCUT2D eigenvalue weighted by Crippen LogP contribution is 2.33. The van der Waals surface area contributed by atoms with Gasteiger partial charge in [0.25, 0.3) is 0 Å². The van der Waals surface area contributed by atoms with Gasteiger partial charge in [0.15, 0.2) is 0 Å². The van der Waals surface area contributed by atoms with E-state index in [1.165, 1.54) is 16.7 Å². The molecule has 2 N–H and O–H groups in total. The van der Waals surface area contributed by atoms with Gasteiger partial charge in [-0.1, -0.05) is 17.7 Å². The van der Waals surface area contributed by atoms with Crippen LogP contribution in [0.2, 0.25) is 5.02 Å². The van der Waals surface area contributed by atoms with Crippen molar-refractivity contribution in [1.29, 1.82) is 0 Å². The van der Waals surface area contributed by atoms with Crippen LogP contribution in [0.4, 0.5) is 0 Å². The van der Waals surface area contributed by atoms with Gasteiger partial charge in [-0.3, -0.25) is 0 Å². The third-order valence-electron chi connectivity index (χ3n) is 2.52. The number of fused-ring (bicyclic) bond motifs is 1. The molecule has 2 rings (SSSR count). The summed E-state index contributed by atoms with van der Waals surface area (Å²) in [6.45, 7) is 0.598. The van der Waals surface area contributed by atoms with Gasteiger partial charge in [-0.25, -0.2) is 0 Å². The zero-order valence-corrected chi connectivity index (χ0v) is 10.0. The Morgan fingerprint density at radius 1 is 1.43 bits per heavy atom. The topological polar surface area (TPSA) is 26.0 Å². The molecular formula is C11H11BrClN. The Balaban J connectivity index is 2.56. The lowest BCUT2D eigenvalue weighted by Gasteiger charge is -2.17. The van der Waals surface area contributed by atoms with Crippen LogP contribution in [0.1, 0.15) is 17.5 Å². The molecule has 0 saturated heterocycles. The number of allylic oxidation sites excluding steroid dienone is 1. The Labute approximate surface area is 97.1 Å². The van der Waals surface area contributed by atoms with Crippen LogP contribution in [-0.2, 0) is 6.42 Å². The molecule has 0 saturated carbocycles. The zero-order chi connectivity index (χ0) is 10.1. The Morgan fingerprint density at radius 2 is 2.21 bits per heavy atom. The molecule has 1 aliphatic carbocycles. The molecule has 0 aliphatic heterocycles. The van der Waals surface area contributed by atoms with Crippen LogP contribution in [0.3, 0.4) is 0 Å². The highest BCUT2D eigenvalue weighted by molar-refractivity contribution is 9.10. The minimum absolute atomic E-state index is 0.598. The second-order valence-electron chi connectivity index (χ2n) is 3.40. The summed E-state index contributed by atoms with van der Waals surface area (Å²) in [4.78, 5) is 0. The summed E-state index contributed by atoms with van der Waals surface area (Å²) in [5.41, 5.74) is 9.47. The number of rotatable bonds is 1. The van der Waals surface area contributed by atoms with Crippen molar-refractivity contribution < 1.29 is 0 Å². The lowest BCUT2D eigenvalue weighted by Crippen LogP contribution is -2.08. The zero-order valence-electron chi connectivity index (χ0n) is 7.69. The number of hydrogen-bond acceptors (Lipinski definition) is 1. The van der Waals surface area contributed by atoms with Crippen LogP contribution < -0.4 is 5.73 Å². The third kappa shape index (κ3) is 1.74. The molecule has 0 heterocycles. The molecule has 74 valence electrons. The largest absolute Gasteiger partial charge is 0.326 e. The summed E-state index contributed by atoms with van der Waals surface area (Å²) in [6.07, 6.45) is 4.34. The van der Waals surface area contributed by atoms with E-state index in [0.717, 1.165) is 22.3 Å². The Hall–Kier alpha value is -0.310. The maximum Gasteiger partial charge on any atom is 0.0551 e. The number of benzene rings is 1. The quantitative estimate of drug-likeness (QED) is 0.833. The summed E-state index contributed by atoms with van der Waals surface area (Å²) in [6, 6.07) is 4.10. The van der Waals surface area contributed by atoms with Gasteiger partial charge < -0.3 is 5.73 Å². The fraction of sp³-hybridized carbons (Fsp3) is 0.273. The number of hydrogen-bond donors (Lipinski definition) is 1. The summed E-state index contributed by atoms with van der Waals surface area (Å²) in [7, 11) is 0. The van der Waals surface area contributed by atoms with Gasteiger partial charge in [0, 0.05) is 11.0 Å². The summed E-state index contributed by atoms with van der Waals surface area (Å²) in [5, 5.41) is 0.780. The fourth-order valence-electron chi connectivity index (χ4n) is 1.80. The van der Waals surface area contributed by atoms with Crippen molar-refractivity contribution >= 4 is 33.1 Å². The van der Waals surface area contributed by atoms with Crippen LogP contribution >= 0.6 is 27.5 Å². The maximum atomic E-state index is 6.04. The number of aryl methyl sites for hydroxylation is 1. The van der Waals surface area contributed by atoms with Gasteiger partial charge in [0.1, 0.15) is 0 Å². The fourth-order valence-corrected chi connectivity index (χ4v) is 2.33. The van der Waals surface area contributed by atoms with Crippen molar-refractivity contribution in [1.82, 2.24) is 0 Å². The van der Waals surface area contributed by atoms with Gasteiger partial charge in [0.2, 0.25) is 0 Å². The first-order chi connectivity index (χ1) is 6.72. The highest BCUT2D eigenvalue weighted by Gasteiger charge is 2.13. The van der Waals surface area contributed by atoms with Crippen molar-refractivity contribution in [2.45, 2.75) is 12.8 Å². The monoisotopic (exact) mass is 271 g/mol. The van der Waals surface area contributed by atoms with E-state index in [9.17, 15) is 0 Å². The Kier molecular flexibility index (Phi) is 2.96. The lowest BCUT2D eigenvalue weighted by molar-refractivity contribution is 0.966. The summed E-state index contributed by atoms with van der Waals surface area (Å²) >= 11 is 9.47. The molecule has 0 fully saturated rings. The molecule has 0 amide bonds. The second-order valence-corrected chi connectivity index (χ2v) is 4.66. The third-order valence-corrected chi connectivity index (χ3v) is 3.71. The molecule has 1 aromatic carbocycles. The number of nitrogens with two attached hydrogens (primary N) is 1. The average molecular weight is 273 g/mol. The van der Waals surface area contributed by atoms with E-state index < -0.39 is 0 Å². The highest BCUT2D eigenvalue weighted by atomic mass is 79.9. The van der Waals surface area contributed by atoms with Crippen molar-refractivity contribution in [2.75, 3.05) is 6.54 Å². The number of halogens is 2. The summed E-state index contributed by atoms with van der Waals surface area (Å²) in [5.74, 6) is 0. The normalized spacial score (nSPS) is 14.9. The smallest absolute Gasteiger partial charge is 0.0551 e. The van der Waals surface area contributed by atoms with E-state index in [1.807, 2.05) is 6.07 Å². The maximum absolute atomic E-state index is 6.04. The first kappa shape index (κ1) is 10.2. The van der Waals surface area contributed by atoms with Gasteiger partial charge in [-0.2, -0.15) is 0 Å². The molecule has 1 nitrogen and oxygen atoms in total. The van der Waals surface area contributed by atoms with Crippen molar-refractivity contribution in [3.05, 3.63) is 38.8 Å². The molecule has 1 aliphatic rings. The SMILES string of the molecule is NCC1=CCCc2cc(Cl)c(Br)cc21. The second kappa shape index (κ2) is 4.05. The Bertz CT molecular complexity index is 399. The first-order valence-electron chi connectivity index (χ1n) is 4.59. The minimum atomic E-state index is 0.598. The molecule has 0 aromatic heterocycles. The van der Waals surface area contributed by atoms with Crippen molar-refractivity contribution in [2.24, 2.45) is 5.73 Å². The van der Waals surface area contributed by atoms with Crippen LogP contribution in [0.15, 0.2) is 22.7 Å². The van der Waals surface area contributed by atoms with E-state index in [0.29, 0.717) is 6.54 Å². The van der Waals surface area contributed by atoms with Crippen LogP contribution in [0.25, 0.3) is 5.57 Å². The predicted octanol–water partition coefficient (Wildman–Crippen LogP) is 3.39. The standard InChI is InChI=1S/C11H11BrClN/c12-10-5-9-7(4-11(10)13)2-1-3-8(9)6-14/h3-5H,1-2,6,14H2. The molecule has 0 radical (unpaired) electrons. The summed E-state index contributed by atoms with van der Waals surface area (Å²) < 4.78 is 0.944. The van der Waals surface area contributed by atoms with E-state index in [4.69, 9.17) is 17.3 Å². The van der Waals surface area contributed by atoms with Crippen LogP contribution in [0, 0.1) is 0 Å². The van der Waals surface area contributed by atoms with E-state index in [-0.39, 0.29) is 0 Å². The van der Waals surface area contributed by atoms with Crippen LogP contribution in [0.5, 0.6) is 0 Å². The van der Waals surface area contributed by atoms with Crippen molar-refractivity contribution in [3.63, 3.8) is 0 Å². The van der Waals surface area contributed by atoms with Crippen molar-refractivity contribution in [3.8, 4) is 0 Å². The van der Waals surface area contributed by atoms with Gasteiger partial charge in [-0.15, -0.1) is 0 Å². The molecule has 1 aromatic rings. The molecule has 0 unspecified atom stereocenters. The first-order valence-corrected chi connectivity index (χ1v) is 5.77. The molecule has 0 spiro atoms. The predicted molar refractivity (Wildman–Crippen MR) is 64.5 cm³/mol. The molecule has 0 bridgehead atoms. The van der Waals surface area contributed by atoms with E-state index in [2.05, 4.69) is 28.1 Å². The van der Waals surface area contributed by atoms with Gasteiger partial charge in [0.05, 0.1) is 5.02 Å². The van der Waals surface area contributed by atoms with E-state index >= 15 is 0 Å². The van der Waals surface area contributed by atoms with Crippen LogP contribution in [-0.4, -0.2) is 6.54 Å². The average Bonchev–Trinajstić information content (AvgIpc) is 2.19. The molecule has 14 heavy (non-hydrogen) atoms. The lowest BCUT2D eigenvalue weighted by atomic mass is 9.91. The van der Waals surface area contributed by atoms with Gasteiger partial charge >= 0.3 is 0 Å². The van der Waals surface area contributed by atoms with E-state index in [1.54, 1.807) is 0 Å². The Morgan fingerprint density at radius 3 is 2.93 bits per heavy atom. The minimum Gasteiger partial charge on any atom is -0.326 e. The molecular weight excluding hydrogens is 261 g/mol. The van der Waals surface area contributed by atoms with Gasteiger partial charge in [-0.05, 0) is 57.6 Å². The molecule has 3 heteroatoms. The molecule has 0 atom stereocenters.